The van der Waals surface area contributed by atoms with E-state index in [9.17, 15) is 0 Å². The van der Waals surface area contributed by atoms with E-state index in [2.05, 4.69) is 0 Å². The van der Waals surface area contributed by atoms with Crippen LogP contribution in [-0.4, -0.2) is 10.2 Å². The van der Waals surface area contributed by atoms with Crippen molar-refractivity contribution in [2.24, 2.45) is 0 Å². The van der Waals surface area contributed by atoms with Crippen LogP contribution in [0.2, 0.25) is 0 Å². The van der Waals surface area contributed by atoms with Gasteiger partial charge in [-0.3, -0.25) is 0 Å². The predicted octanol–water partition coefficient (Wildman–Crippen LogP) is 1.91. The summed E-state index contributed by atoms with van der Waals surface area (Å²) in [5, 5.41) is 19.6. The second kappa shape index (κ2) is 1.67. The Labute approximate surface area is 60.1 Å². The van der Waals surface area contributed by atoms with Gasteiger partial charge in [-0.2, -0.15) is 0 Å². The molecule has 52 valence electrons. The Morgan fingerprint density at radius 1 is 1.30 bits per heavy atom. The maximum Gasteiger partial charge on any atom is 0.190 e. The topological polar surface area (TPSA) is 53.6 Å². The van der Waals surface area contributed by atoms with Gasteiger partial charge in [0.1, 0.15) is 11.0 Å². The van der Waals surface area contributed by atoms with Gasteiger partial charge in [0.25, 0.3) is 0 Å². The van der Waals surface area contributed by atoms with E-state index in [1.165, 1.54) is 23.0 Å². The zero-order valence-electron chi connectivity index (χ0n) is 4.87. The van der Waals surface area contributed by atoms with Gasteiger partial charge in [-0.25, -0.2) is 0 Å². The molecule has 0 saturated carbocycles. The fourth-order valence-corrected chi connectivity index (χ4v) is 1.56. The number of furan rings is 1. The van der Waals surface area contributed by atoms with Gasteiger partial charge in [0.15, 0.2) is 17.1 Å². The Balaban J connectivity index is 2.95. The van der Waals surface area contributed by atoms with Crippen LogP contribution >= 0.6 is 11.3 Å². The smallest absolute Gasteiger partial charge is 0.190 e. The van der Waals surface area contributed by atoms with Gasteiger partial charge in [-0.15, -0.1) is 11.3 Å². The number of aromatic hydroxyl groups is 2. The van der Waals surface area contributed by atoms with Crippen LogP contribution in [0.4, 0.5) is 0 Å². The molecule has 0 unspecified atom stereocenters. The summed E-state index contributed by atoms with van der Waals surface area (Å²) in [6.07, 6.45) is 1.21. The number of fused-ring (bicyclic) bond motifs is 1. The molecular formula is C6H4O3S. The van der Waals surface area contributed by atoms with Gasteiger partial charge in [0.2, 0.25) is 0 Å². The standard InChI is InChI=1S/C6H4O3S/c7-3-1-9-5-4(8)2-10-6(3)5/h1-2,7-8H. The maximum atomic E-state index is 9.03. The molecule has 2 rings (SSSR count). The Kier molecular flexibility index (Phi) is 0.935. The minimum Gasteiger partial charge on any atom is -0.504 e. The second-order valence-corrected chi connectivity index (χ2v) is 2.78. The monoisotopic (exact) mass is 156 g/mol. The number of thiophene rings is 1. The van der Waals surface area contributed by atoms with E-state index in [0.717, 1.165) is 0 Å². The van der Waals surface area contributed by atoms with Gasteiger partial charge in [0.05, 0.1) is 0 Å². The Bertz CT molecular complexity index is 324. The minimum atomic E-state index is 0.0836. The van der Waals surface area contributed by atoms with Gasteiger partial charge in [0, 0.05) is 5.38 Å². The lowest BCUT2D eigenvalue weighted by Gasteiger charge is -1.76. The third-order valence-electron chi connectivity index (χ3n) is 1.25. The molecule has 0 aliphatic rings. The average molecular weight is 156 g/mol. The van der Waals surface area contributed by atoms with E-state index < -0.39 is 0 Å². The van der Waals surface area contributed by atoms with Crippen molar-refractivity contribution in [1.82, 2.24) is 0 Å². The molecule has 2 N–H and O–H groups in total. The molecule has 10 heavy (non-hydrogen) atoms. The number of rotatable bonds is 0. The summed E-state index contributed by atoms with van der Waals surface area (Å²) in [5.41, 5.74) is 0.363. The van der Waals surface area contributed by atoms with Crippen LogP contribution in [0.1, 0.15) is 0 Å². The van der Waals surface area contributed by atoms with Crippen LogP contribution in [0.5, 0.6) is 11.5 Å². The summed E-state index contributed by atoms with van der Waals surface area (Å²) < 4.78 is 5.42. The average Bonchev–Trinajstić information content (AvgIpc) is 2.41. The van der Waals surface area contributed by atoms with Crippen molar-refractivity contribution in [3.63, 3.8) is 0 Å². The summed E-state index contributed by atoms with van der Waals surface area (Å²) in [6, 6.07) is 0. The third kappa shape index (κ3) is 0.537. The van der Waals surface area contributed by atoms with Crippen molar-refractivity contribution in [2.45, 2.75) is 0 Å². The highest BCUT2D eigenvalue weighted by atomic mass is 32.1. The molecule has 0 aliphatic heterocycles. The Morgan fingerprint density at radius 2 is 2.10 bits per heavy atom. The molecule has 4 heteroatoms. The first-order valence-corrected chi connectivity index (χ1v) is 3.53. The van der Waals surface area contributed by atoms with Crippen LogP contribution in [0.25, 0.3) is 10.3 Å². The summed E-state index contributed by atoms with van der Waals surface area (Å²) in [5.74, 6) is 0.167. The fraction of sp³-hybridized carbons (Fsp3) is 0. The fourth-order valence-electron chi connectivity index (χ4n) is 0.797. The highest BCUT2D eigenvalue weighted by Gasteiger charge is 2.09. The first-order chi connectivity index (χ1) is 4.79. The first-order valence-electron chi connectivity index (χ1n) is 2.65. The molecule has 3 nitrogen and oxygen atoms in total. The van der Waals surface area contributed by atoms with E-state index in [-0.39, 0.29) is 11.5 Å². The minimum absolute atomic E-state index is 0.0836. The van der Waals surface area contributed by atoms with E-state index >= 15 is 0 Å². The van der Waals surface area contributed by atoms with Crippen molar-refractivity contribution in [1.29, 1.82) is 0 Å². The highest BCUT2D eigenvalue weighted by Crippen LogP contribution is 2.38. The van der Waals surface area contributed by atoms with Crippen molar-refractivity contribution in [3.8, 4) is 11.5 Å². The summed E-state index contributed by atoms with van der Waals surface area (Å²) in [6.45, 7) is 0. The number of hydrogen-bond donors (Lipinski definition) is 2. The van der Waals surface area contributed by atoms with Crippen LogP contribution in [-0.2, 0) is 0 Å². The highest BCUT2D eigenvalue weighted by molar-refractivity contribution is 7.17. The number of hydrogen-bond acceptors (Lipinski definition) is 4. The molecule has 0 radical (unpaired) electrons. The summed E-state index contributed by atoms with van der Waals surface area (Å²) in [4.78, 5) is 0. The zero-order chi connectivity index (χ0) is 7.14. The molecule has 0 atom stereocenters. The van der Waals surface area contributed by atoms with Crippen LogP contribution in [0, 0.1) is 0 Å². The lowest BCUT2D eigenvalue weighted by molar-refractivity contribution is 0.454. The Hall–Kier alpha value is -1.16. The largest absolute Gasteiger partial charge is 0.504 e. The molecule has 0 fully saturated rings. The van der Waals surface area contributed by atoms with Crippen LogP contribution in [0.3, 0.4) is 0 Å². The third-order valence-corrected chi connectivity index (χ3v) is 2.22. The van der Waals surface area contributed by atoms with E-state index in [1.54, 1.807) is 0 Å². The van der Waals surface area contributed by atoms with Gasteiger partial charge in [-0.1, -0.05) is 0 Å². The molecule has 0 bridgehead atoms. The lowest BCUT2D eigenvalue weighted by Crippen LogP contribution is -1.49. The van der Waals surface area contributed by atoms with Gasteiger partial charge in [-0.05, 0) is 0 Å². The molecule has 2 heterocycles. The molecule has 0 amide bonds. The molecular weight excluding hydrogens is 152 g/mol. The van der Waals surface area contributed by atoms with Crippen molar-refractivity contribution < 1.29 is 14.6 Å². The zero-order valence-corrected chi connectivity index (χ0v) is 5.68. The molecule has 0 aliphatic carbocycles. The van der Waals surface area contributed by atoms with Crippen molar-refractivity contribution in [3.05, 3.63) is 11.6 Å². The van der Waals surface area contributed by atoms with E-state index in [1.807, 2.05) is 0 Å². The summed E-state index contributed by atoms with van der Waals surface area (Å²) >= 11 is 1.25. The molecule has 2 aromatic rings. The normalized spacial score (nSPS) is 10.8. The van der Waals surface area contributed by atoms with Gasteiger partial charge < -0.3 is 14.6 Å². The Morgan fingerprint density at radius 3 is 2.80 bits per heavy atom. The quantitative estimate of drug-likeness (QED) is 0.612. The van der Waals surface area contributed by atoms with Gasteiger partial charge >= 0.3 is 0 Å². The molecule has 2 aromatic heterocycles. The van der Waals surface area contributed by atoms with Crippen molar-refractivity contribution in [2.75, 3.05) is 0 Å². The van der Waals surface area contributed by atoms with Crippen LogP contribution < -0.4 is 0 Å². The predicted molar refractivity (Wildman–Crippen MR) is 37.4 cm³/mol. The summed E-state index contributed by atoms with van der Waals surface area (Å²) in [7, 11) is 0. The maximum absolute atomic E-state index is 9.03. The van der Waals surface area contributed by atoms with E-state index in [0.29, 0.717) is 10.3 Å². The van der Waals surface area contributed by atoms with Crippen LogP contribution in [0.15, 0.2) is 16.1 Å². The molecule has 0 aromatic carbocycles. The SMILES string of the molecule is Oc1csc2c(O)coc12. The molecule has 0 spiro atoms. The lowest BCUT2D eigenvalue weighted by atomic mass is 10.5. The van der Waals surface area contributed by atoms with Crippen molar-refractivity contribution >= 4 is 21.6 Å². The first kappa shape index (κ1) is 5.61. The molecule has 0 saturated heterocycles. The van der Waals surface area contributed by atoms with E-state index in [4.69, 9.17) is 14.6 Å². The second-order valence-electron chi connectivity index (χ2n) is 1.90.